The Hall–Kier alpha value is -2.54. The first-order chi connectivity index (χ1) is 16.9. The van der Waals surface area contributed by atoms with E-state index < -0.39 is 0 Å². The molecule has 1 spiro atoms. The van der Waals surface area contributed by atoms with Gasteiger partial charge in [-0.15, -0.1) is 11.8 Å². The maximum absolute atomic E-state index is 13.3. The van der Waals surface area contributed by atoms with Gasteiger partial charge in [-0.25, -0.2) is 9.78 Å². The van der Waals surface area contributed by atoms with E-state index >= 15 is 0 Å². The van der Waals surface area contributed by atoms with Gasteiger partial charge in [0, 0.05) is 38.1 Å². The van der Waals surface area contributed by atoms with Crippen molar-refractivity contribution in [3.05, 3.63) is 53.2 Å². The van der Waals surface area contributed by atoms with Crippen LogP contribution >= 0.6 is 11.8 Å². The minimum absolute atomic E-state index is 0.00538. The number of nitrogens with one attached hydrogen (secondary N) is 1. The molecule has 2 aromatic rings. The van der Waals surface area contributed by atoms with Gasteiger partial charge in [-0.05, 0) is 66.5 Å². The number of nitrogens with zero attached hydrogens (tertiary/aromatic N) is 3. The molecule has 0 atom stereocenters. The number of anilines is 1. The van der Waals surface area contributed by atoms with Gasteiger partial charge in [0.2, 0.25) is 0 Å². The monoisotopic (exact) mass is 494 g/mol. The highest BCUT2D eigenvalue weighted by Crippen LogP contribution is 2.41. The van der Waals surface area contributed by atoms with E-state index in [2.05, 4.69) is 49.3 Å². The molecule has 2 fully saturated rings. The zero-order valence-corrected chi connectivity index (χ0v) is 22.3. The maximum atomic E-state index is 13.3. The summed E-state index contributed by atoms with van der Waals surface area (Å²) in [4.78, 5) is 34.8. The van der Waals surface area contributed by atoms with Crippen LogP contribution in [0.2, 0.25) is 0 Å². The van der Waals surface area contributed by atoms with Crippen LogP contribution in [-0.2, 0) is 6.42 Å². The normalized spacial score (nSPS) is 17.3. The van der Waals surface area contributed by atoms with Crippen LogP contribution in [0.25, 0.3) is 0 Å². The van der Waals surface area contributed by atoms with E-state index in [4.69, 9.17) is 0 Å². The van der Waals surface area contributed by atoms with E-state index in [-0.39, 0.29) is 17.4 Å². The molecule has 0 unspecified atom stereocenters. The van der Waals surface area contributed by atoms with Gasteiger partial charge in [-0.3, -0.25) is 4.79 Å². The van der Waals surface area contributed by atoms with Gasteiger partial charge in [0.15, 0.2) is 0 Å². The number of benzene rings is 1. The molecular weight excluding hydrogens is 456 g/mol. The Morgan fingerprint density at radius 2 is 1.80 bits per heavy atom. The average Bonchev–Trinajstić information content (AvgIpc) is 3.28. The summed E-state index contributed by atoms with van der Waals surface area (Å²) < 4.78 is 0. The lowest BCUT2D eigenvalue weighted by Crippen LogP contribution is -2.45. The fourth-order valence-electron chi connectivity index (χ4n) is 5.50. The molecule has 4 rings (SSSR count). The molecule has 2 aliphatic rings. The summed E-state index contributed by atoms with van der Waals surface area (Å²) >= 11 is 1.51. The molecule has 0 bridgehead atoms. The minimum Gasteiger partial charge on any atom is -0.339 e. The lowest BCUT2D eigenvalue weighted by Gasteiger charge is -2.39. The number of thioether (sulfide) groups is 1. The smallest absolute Gasteiger partial charge is 0.321 e. The maximum Gasteiger partial charge on any atom is 0.321 e. The van der Waals surface area contributed by atoms with Crippen LogP contribution in [0.5, 0.6) is 0 Å². The largest absolute Gasteiger partial charge is 0.339 e. The Kier molecular flexibility index (Phi) is 8.05. The zero-order valence-electron chi connectivity index (χ0n) is 21.5. The van der Waals surface area contributed by atoms with Crippen molar-refractivity contribution in [1.29, 1.82) is 0 Å². The molecule has 0 aliphatic carbocycles. The highest BCUT2D eigenvalue weighted by Gasteiger charge is 2.43. The lowest BCUT2D eigenvalue weighted by molar-refractivity contribution is 0.0590. The molecule has 3 heterocycles. The molecule has 2 aliphatic heterocycles. The van der Waals surface area contributed by atoms with Crippen LogP contribution < -0.4 is 5.32 Å². The molecule has 1 aromatic heterocycles. The summed E-state index contributed by atoms with van der Waals surface area (Å²) in [5.41, 5.74) is 4.21. The van der Waals surface area contributed by atoms with Crippen LogP contribution in [-0.4, -0.2) is 59.2 Å². The standard InChI is InChI=1S/C28H38N4O2S/c1-5-8-21-9-6-10-22(20(2)3)24(21)30-27(34)32-18-14-28(19-32)12-16-31(17-13-28)26(33)23-11-7-15-29-25(23)35-4/h6-7,9-11,15,20H,5,8,12-14,16-19H2,1-4H3,(H,30,34). The fraction of sp³-hybridized carbons (Fsp3) is 0.536. The van der Waals surface area contributed by atoms with Crippen molar-refractivity contribution in [3.8, 4) is 0 Å². The number of amides is 3. The van der Waals surface area contributed by atoms with Crippen molar-refractivity contribution in [1.82, 2.24) is 14.8 Å². The molecule has 35 heavy (non-hydrogen) atoms. The number of likely N-dealkylation sites (tertiary alicyclic amines) is 2. The number of carbonyl (C=O) groups excluding carboxylic acids is 2. The second kappa shape index (κ2) is 11.0. The molecule has 2 saturated heterocycles. The molecule has 6 nitrogen and oxygen atoms in total. The van der Waals surface area contributed by atoms with E-state index in [0.717, 1.165) is 69.0 Å². The predicted molar refractivity (Wildman–Crippen MR) is 143 cm³/mol. The first-order valence-electron chi connectivity index (χ1n) is 12.8. The Morgan fingerprint density at radius 3 is 2.46 bits per heavy atom. The zero-order chi connectivity index (χ0) is 25.0. The van der Waals surface area contributed by atoms with E-state index in [1.165, 1.54) is 22.9 Å². The molecule has 7 heteroatoms. The van der Waals surface area contributed by atoms with E-state index in [0.29, 0.717) is 11.5 Å². The SMILES string of the molecule is CCCc1cccc(C(C)C)c1NC(=O)N1CCC2(CCN(C(=O)c3cccnc3SC)CC2)C1. The van der Waals surface area contributed by atoms with Crippen molar-refractivity contribution in [2.45, 2.75) is 63.8 Å². The number of aromatic nitrogens is 1. The highest BCUT2D eigenvalue weighted by atomic mass is 32.2. The number of rotatable bonds is 6. The average molecular weight is 495 g/mol. The Bertz CT molecular complexity index is 1060. The fourth-order valence-corrected chi connectivity index (χ4v) is 6.05. The quantitative estimate of drug-likeness (QED) is 0.497. The van der Waals surface area contributed by atoms with Crippen molar-refractivity contribution in [2.24, 2.45) is 5.41 Å². The summed E-state index contributed by atoms with van der Waals surface area (Å²) in [5.74, 6) is 0.416. The van der Waals surface area contributed by atoms with Gasteiger partial charge in [0.1, 0.15) is 5.03 Å². The summed E-state index contributed by atoms with van der Waals surface area (Å²) in [6.07, 6.45) is 8.55. The summed E-state index contributed by atoms with van der Waals surface area (Å²) in [6, 6.07) is 10.1. The second-order valence-corrected chi connectivity index (χ2v) is 11.0. The van der Waals surface area contributed by atoms with Gasteiger partial charge in [0.25, 0.3) is 5.91 Å². The number of hydrogen-bond donors (Lipinski definition) is 1. The van der Waals surface area contributed by atoms with Gasteiger partial charge < -0.3 is 15.1 Å². The number of hydrogen-bond acceptors (Lipinski definition) is 4. The van der Waals surface area contributed by atoms with E-state index in [1.54, 1.807) is 6.20 Å². The summed E-state index contributed by atoms with van der Waals surface area (Å²) in [5, 5.41) is 4.07. The first kappa shape index (κ1) is 25.5. The second-order valence-electron chi connectivity index (χ2n) is 10.2. The summed E-state index contributed by atoms with van der Waals surface area (Å²) in [6.45, 7) is 9.51. The van der Waals surface area contributed by atoms with Gasteiger partial charge in [-0.2, -0.15) is 0 Å². The van der Waals surface area contributed by atoms with Crippen molar-refractivity contribution >= 4 is 29.4 Å². The van der Waals surface area contributed by atoms with Gasteiger partial charge in [0.05, 0.1) is 5.56 Å². The molecule has 1 N–H and O–H groups in total. The summed E-state index contributed by atoms with van der Waals surface area (Å²) in [7, 11) is 0. The number of pyridine rings is 1. The number of para-hydroxylation sites is 1. The Labute approximate surface area is 213 Å². The molecule has 1 aromatic carbocycles. The third kappa shape index (κ3) is 5.50. The van der Waals surface area contributed by atoms with Gasteiger partial charge >= 0.3 is 6.03 Å². The first-order valence-corrected chi connectivity index (χ1v) is 14.1. The van der Waals surface area contributed by atoms with Crippen molar-refractivity contribution in [2.75, 3.05) is 37.8 Å². The topological polar surface area (TPSA) is 65.5 Å². The molecule has 0 saturated carbocycles. The highest BCUT2D eigenvalue weighted by molar-refractivity contribution is 7.98. The van der Waals surface area contributed by atoms with E-state index in [9.17, 15) is 9.59 Å². The number of aryl methyl sites for hydroxylation is 1. The Morgan fingerprint density at radius 1 is 1.09 bits per heavy atom. The third-order valence-corrected chi connectivity index (χ3v) is 8.30. The number of carbonyl (C=O) groups is 2. The Balaban J connectivity index is 1.39. The molecular formula is C28H38N4O2S. The molecule has 0 radical (unpaired) electrons. The third-order valence-electron chi connectivity index (χ3n) is 7.59. The van der Waals surface area contributed by atoms with Crippen molar-refractivity contribution < 1.29 is 9.59 Å². The number of piperidine rings is 1. The van der Waals surface area contributed by atoms with Crippen LogP contribution in [0.1, 0.15) is 73.9 Å². The molecule has 3 amide bonds. The van der Waals surface area contributed by atoms with E-state index in [1.807, 2.05) is 28.2 Å². The lowest BCUT2D eigenvalue weighted by atomic mass is 9.77. The van der Waals surface area contributed by atoms with Crippen molar-refractivity contribution in [3.63, 3.8) is 0 Å². The minimum atomic E-state index is 0.00538. The number of urea groups is 1. The van der Waals surface area contributed by atoms with Crippen LogP contribution in [0.15, 0.2) is 41.6 Å². The van der Waals surface area contributed by atoms with Gasteiger partial charge in [-0.1, -0.05) is 45.4 Å². The predicted octanol–water partition coefficient (Wildman–Crippen LogP) is 6.04. The molecule has 188 valence electrons. The van der Waals surface area contributed by atoms with Crippen LogP contribution in [0.3, 0.4) is 0 Å². The van der Waals surface area contributed by atoms with Crippen LogP contribution in [0.4, 0.5) is 10.5 Å². The van der Waals surface area contributed by atoms with Crippen LogP contribution in [0, 0.1) is 5.41 Å².